The lowest BCUT2D eigenvalue weighted by atomic mass is 10.00. The number of hydrogen-bond donors (Lipinski definition) is 1. The number of fused-ring (bicyclic) bond motifs is 1. The molecule has 0 saturated heterocycles. The second-order valence-electron chi connectivity index (χ2n) is 6.12. The van der Waals surface area contributed by atoms with Crippen molar-refractivity contribution in [1.82, 2.24) is 20.0 Å². The van der Waals surface area contributed by atoms with E-state index >= 15 is 0 Å². The predicted molar refractivity (Wildman–Crippen MR) is 90.0 cm³/mol. The highest BCUT2D eigenvalue weighted by atomic mass is 16.1. The first-order chi connectivity index (χ1) is 11.2. The minimum Gasteiger partial charge on any atom is -0.355 e. The van der Waals surface area contributed by atoms with Crippen LogP contribution in [0.4, 0.5) is 0 Å². The van der Waals surface area contributed by atoms with Gasteiger partial charge in [0.15, 0.2) is 0 Å². The van der Waals surface area contributed by atoms with E-state index in [4.69, 9.17) is 0 Å². The Bertz CT molecular complexity index is 665. The number of benzene rings is 1. The Balaban J connectivity index is 1.36. The summed E-state index contributed by atoms with van der Waals surface area (Å²) in [6, 6.07) is 10.6. The van der Waals surface area contributed by atoms with E-state index in [1.54, 1.807) is 0 Å². The summed E-state index contributed by atoms with van der Waals surface area (Å²) >= 11 is 0. The third kappa shape index (κ3) is 4.42. The van der Waals surface area contributed by atoms with Gasteiger partial charge in [0.2, 0.25) is 5.91 Å². The third-order valence-corrected chi connectivity index (χ3v) is 4.30. The van der Waals surface area contributed by atoms with Gasteiger partial charge in [-0.05, 0) is 30.5 Å². The summed E-state index contributed by atoms with van der Waals surface area (Å²) in [5, 5.41) is 7.30. The quantitative estimate of drug-likeness (QED) is 0.884. The molecule has 0 aliphatic carbocycles. The van der Waals surface area contributed by atoms with E-state index in [9.17, 15) is 4.79 Å². The molecule has 0 spiro atoms. The van der Waals surface area contributed by atoms with E-state index in [0.717, 1.165) is 31.7 Å². The molecule has 1 aliphatic rings. The fourth-order valence-corrected chi connectivity index (χ4v) is 2.99. The lowest BCUT2D eigenvalue weighted by Crippen LogP contribution is -2.38. The van der Waals surface area contributed by atoms with Gasteiger partial charge in [0.25, 0.3) is 0 Å². The van der Waals surface area contributed by atoms with Gasteiger partial charge in [-0.3, -0.25) is 14.4 Å². The molecular formula is C18H24N4O. The van der Waals surface area contributed by atoms with E-state index < -0.39 is 0 Å². The summed E-state index contributed by atoms with van der Waals surface area (Å²) in [5.41, 5.74) is 3.86. The fraction of sp³-hybridized carbons (Fsp3) is 0.444. The molecule has 5 nitrogen and oxygen atoms in total. The van der Waals surface area contributed by atoms with Crippen LogP contribution < -0.4 is 5.32 Å². The summed E-state index contributed by atoms with van der Waals surface area (Å²) in [6.07, 6.45) is 3.49. The number of rotatable bonds is 6. The molecule has 0 fully saturated rings. The minimum atomic E-state index is 0.0931. The van der Waals surface area contributed by atoms with Crippen LogP contribution in [0.15, 0.2) is 36.5 Å². The predicted octanol–water partition coefficient (Wildman–Crippen LogP) is 1.76. The Hall–Kier alpha value is -2.14. The van der Waals surface area contributed by atoms with Crippen LogP contribution in [-0.2, 0) is 24.3 Å². The summed E-state index contributed by atoms with van der Waals surface area (Å²) in [4.78, 5) is 14.3. The zero-order valence-corrected chi connectivity index (χ0v) is 13.7. The fourth-order valence-electron chi connectivity index (χ4n) is 2.99. The molecule has 1 aliphatic heterocycles. The van der Waals surface area contributed by atoms with Crippen molar-refractivity contribution in [3.63, 3.8) is 0 Å². The van der Waals surface area contributed by atoms with Crippen molar-refractivity contribution in [3.05, 3.63) is 53.3 Å². The van der Waals surface area contributed by atoms with Crippen molar-refractivity contribution in [2.45, 2.75) is 32.9 Å². The third-order valence-electron chi connectivity index (χ3n) is 4.30. The average Bonchev–Trinajstić information content (AvgIpc) is 2.98. The number of carbonyl (C=O) groups is 1. The first kappa shape index (κ1) is 15.7. The maximum absolute atomic E-state index is 11.9. The molecule has 23 heavy (non-hydrogen) atoms. The molecule has 0 saturated carbocycles. The molecule has 1 aromatic carbocycles. The van der Waals surface area contributed by atoms with Crippen molar-refractivity contribution in [2.75, 3.05) is 19.6 Å². The molecule has 1 aromatic heterocycles. The summed E-state index contributed by atoms with van der Waals surface area (Å²) < 4.78 is 1.82. The highest BCUT2D eigenvalue weighted by Gasteiger charge is 2.15. The maximum atomic E-state index is 11.9. The van der Waals surface area contributed by atoms with E-state index in [1.165, 1.54) is 11.1 Å². The van der Waals surface area contributed by atoms with Crippen LogP contribution in [0.3, 0.4) is 0 Å². The van der Waals surface area contributed by atoms with E-state index in [0.29, 0.717) is 19.5 Å². The van der Waals surface area contributed by atoms with Gasteiger partial charge in [-0.1, -0.05) is 24.3 Å². The van der Waals surface area contributed by atoms with Crippen molar-refractivity contribution in [3.8, 4) is 0 Å². The standard InChI is InChI=1S/C18H24N4O/c1-15-6-11-22(20-15)12-8-18(23)19-9-13-21-10-7-16-4-2-3-5-17(16)14-21/h2-6,11H,7-10,12-14H2,1H3,(H,19,23). The van der Waals surface area contributed by atoms with Gasteiger partial charge in [0.1, 0.15) is 0 Å². The number of amides is 1. The summed E-state index contributed by atoms with van der Waals surface area (Å²) in [5.74, 6) is 0.0931. The van der Waals surface area contributed by atoms with E-state index in [1.807, 2.05) is 23.9 Å². The van der Waals surface area contributed by atoms with Gasteiger partial charge in [0.05, 0.1) is 5.69 Å². The summed E-state index contributed by atoms with van der Waals surface area (Å²) in [7, 11) is 0. The Morgan fingerprint density at radius 2 is 2.04 bits per heavy atom. The molecule has 1 amide bonds. The molecule has 0 radical (unpaired) electrons. The first-order valence-electron chi connectivity index (χ1n) is 8.26. The SMILES string of the molecule is Cc1ccn(CCC(=O)NCCN2CCc3ccccc3C2)n1. The van der Waals surface area contributed by atoms with E-state index in [-0.39, 0.29) is 5.91 Å². The molecule has 3 rings (SSSR count). The number of nitrogens with one attached hydrogen (secondary N) is 1. The summed E-state index contributed by atoms with van der Waals surface area (Å²) in [6.45, 7) is 6.25. The number of nitrogens with zero attached hydrogens (tertiary/aromatic N) is 3. The van der Waals surface area contributed by atoms with Crippen LogP contribution in [0.5, 0.6) is 0 Å². The van der Waals surface area contributed by atoms with Gasteiger partial charge in [-0.25, -0.2) is 0 Å². The van der Waals surface area contributed by atoms with Gasteiger partial charge in [-0.15, -0.1) is 0 Å². The van der Waals surface area contributed by atoms with Gasteiger partial charge in [0, 0.05) is 45.3 Å². The Kier molecular flexibility index (Phi) is 5.08. The van der Waals surface area contributed by atoms with Crippen molar-refractivity contribution >= 4 is 5.91 Å². The van der Waals surface area contributed by atoms with Crippen molar-refractivity contribution in [1.29, 1.82) is 0 Å². The van der Waals surface area contributed by atoms with Crippen LogP contribution in [-0.4, -0.2) is 40.2 Å². The molecule has 0 bridgehead atoms. The highest BCUT2D eigenvalue weighted by molar-refractivity contribution is 5.75. The van der Waals surface area contributed by atoms with Crippen LogP contribution in [0.2, 0.25) is 0 Å². The lowest BCUT2D eigenvalue weighted by Gasteiger charge is -2.28. The van der Waals surface area contributed by atoms with Gasteiger partial charge < -0.3 is 5.32 Å². The topological polar surface area (TPSA) is 50.2 Å². The lowest BCUT2D eigenvalue weighted by molar-refractivity contribution is -0.121. The Labute approximate surface area is 137 Å². The van der Waals surface area contributed by atoms with Crippen LogP contribution in [0, 0.1) is 6.92 Å². The van der Waals surface area contributed by atoms with Crippen molar-refractivity contribution < 1.29 is 4.79 Å². The molecule has 2 heterocycles. The number of aryl methyl sites for hydroxylation is 2. The number of aromatic nitrogens is 2. The van der Waals surface area contributed by atoms with Gasteiger partial charge >= 0.3 is 0 Å². The second kappa shape index (κ2) is 7.42. The Morgan fingerprint density at radius 3 is 2.83 bits per heavy atom. The van der Waals surface area contributed by atoms with Crippen molar-refractivity contribution in [2.24, 2.45) is 0 Å². The van der Waals surface area contributed by atoms with E-state index in [2.05, 4.69) is 39.6 Å². The molecule has 0 atom stereocenters. The molecule has 0 unspecified atom stereocenters. The highest BCUT2D eigenvalue weighted by Crippen LogP contribution is 2.17. The molecular weight excluding hydrogens is 288 g/mol. The normalized spacial score (nSPS) is 14.5. The zero-order chi connectivity index (χ0) is 16.1. The Morgan fingerprint density at radius 1 is 1.22 bits per heavy atom. The van der Waals surface area contributed by atoms with Crippen LogP contribution in [0.25, 0.3) is 0 Å². The number of hydrogen-bond acceptors (Lipinski definition) is 3. The second-order valence-corrected chi connectivity index (χ2v) is 6.12. The van der Waals surface area contributed by atoms with Gasteiger partial charge in [-0.2, -0.15) is 5.10 Å². The maximum Gasteiger partial charge on any atom is 0.221 e. The molecule has 1 N–H and O–H groups in total. The van der Waals surface area contributed by atoms with Crippen LogP contribution >= 0.6 is 0 Å². The zero-order valence-electron chi connectivity index (χ0n) is 13.7. The minimum absolute atomic E-state index is 0.0931. The molecule has 5 heteroatoms. The molecule has 122 valence electrons. The first-order valence-corrected chi connectivity index (χ1v) is 8.26. The monoisotopic (exact) mass is 312 g/mol. The molecule has 2 aromatic rings. The smallest absolute Gasteiger partial charge is 0.221 e. The average molecular weight is 312 g/mol. The number of carbonyl (C=O) groups excluding carboxylic acids is 1. The largest absolute Gasteiger partial charge is 0.355 e. The van der Waals surface area contributed by atoms with Crippen LogP contribution in [0.1, 0.15) is 23.2 Å².